The molecule has 2 aromatic carbocycles. The van der Waals surface area contributed by atoms with Crippen LogP contribution in [0.25, 0.3) is 0 Å². The Bertz CT molecular complexity index is 672. The third-order valence-electron chi connectivity index (χ3n) is 3.22. The molecule has 2 aromatic rings. The van der Waals surface area contributed by atoms with E-state index >= 15 is 0 Å². The minimum Gasteiger partial charge on any atom is -0.338 e. The fraction of sp³-hybridized carbons (Fsp3) is 0.188. The first-order valence-corrected chi connectivity index (χ1v) is 6.90. The number of hydrogen-bond acceptors (Lipinski definition) is 3. The van der Waals surface area contributed by atoms with Crippen molar-refractivity contribution in [2.24, 2.45) is 0 Å². The first kappa shape index (κ1) is 15.5. The van der Waals surface area contributed by atoms with Crippen LogP contribution in [0.3, 0.4) is 0 Å². The largest absolute Gasteiger partial charge is 0.338 e. The van der Waals surface area contributed by atoms with Gasteiger partial charge in [-0.25, -0.2) is 4.79 Å². The lowest BCUT2D eigenvalue weighted by Crippen LogP contribution is -2.30. The minimum atomic E-state index is -0.488. The van der Waals surface area contributed by atoms with Gasteiger partial charge in [0.1, 0.15) is 0 Å². The summed E-state index contributed by atoms with van der Waals surface area (Å²) < 4.78 is 0. The van der Waals surface area contributed by atoms with E-state index in [2.05, 4.69) is 10.6 Å². The van der Waals surface area contributed by atoms with Crippen LogP contribution in [0.2, 0.25) is 0 Å². The molecule has 114 valence electrons. The third kappa shape index (κ3) is 4.31. The molecule has 0 saturated carbocycles. The van der Waals surface area contributed by atoms with Gasteiger partial charge in [0.05, 0.1) is 10.6 Å². The summed E-state index contributed by atoms with van der Waals surface area (Å²) in [6, 6.07) is 13.8. The topological polar surface area (TPSA) is 84.3 Å². The predicted molar refractivity (Wildman–Crippen MR) is 85.0 cm³/mol. The van der Waals surface area contributed by atoms with Crippen molar-refractivity contribution in [2.45, 2.75) is 13.3 Å². The number of carbonyl (C=O) groups excluding carboxylic acids is 1. The van der Waals surface area contributed by atoms with Crippen LogP contribution in [0.4, 0.5) is 16.2 Å². The normalized spacial score (nSPS) is 10.0. The van der Waals surface area contributed by atoms with E-state index in [9.17, 15) is 14.9 Å². The predicted octanol–water partition coefficient (Wildman–Crippen LogP) is 3.27. The molecule has 0 aliphatic carbocycles. The number of hydrogen-bond donors (Lipinski definition) is 2. The lowest BCUT2D eigenvalue weighted by atomic mass is 10.1. The van der Waals surface area contributed by atoms with Crippen molar-refractivity contribution < 1.29 is 9.72 Å². The smallest absolute Gasteiger partial charge is 0.319 e. The van der Waals surface area contributed by atoms with Crippen molar-refractivity contribution >= 4 is 17.4 Å². The zero-order valence-corrected chi connectivity index (χ0v) is 12.2. The Morgan fingerprint density at radius 3 is 2.59 bits per heavy atom. The molecule has 0 unspecified atom stereocenters. The number of nitro groups is 1. The Hall–Kier alpha value is -2.89. The highest BCUT2D eigenvalue weighted by Gasteiger charge is 2.10. The molecule has 2 rings (SSSR count). The zero-order chi connectivity index (χ0) is 15.9. The number of carbonyl (C=O) groups is 1. The Balaban J connectivity index is 1.89. The van der Waals surface area contributed by atoms with Gasteiger partial charge in [0.25, 0.3) is 5.69 Å². The Morgan fingerprint density at radius 2 is 1.91 bits per heavy atom. The maximum absolute atomic E-state index is 11.8. The maximum Gasteiger partial charge on any atom is 0.319 e. The zero-order valence-electron chi connectivity index (χ0n) is 12.2. The molecule has 0 spiro atoms. The van der Waals surface area contributed by atoms with Gasteiger partial charge in [-0.05, 0) is 24.5 Å². The summed E-state index contributed by atoms with van der Waals surface area (Å²) >= 11 is 0. The number of aryl methyl sites for hydroxylation is 1. The van der Waals surface area contributed by atoms with E-state index in [-0.39, 0.29) is 11.7 Å². The van der Waals surface area contributed by atoms with E-state index in [1.807, 2.05) is 30.3 Å². The number of non-ortho nitro benzene ring substituents is 1. The van der Waals surface area contributed by atoms with Crippen molar-refractivity contribution in [1.29, 1.82) is 0 Å². The highest BCUT2D eigenvalue weighted by atomic mass is 16.6. The standard InChI is InChI=1S/C16H17N3O3/c1-12-7-8-14(19(21)22)11-15(12)18-16(20)17-10-9-13-5-3-2-4-6-13/h2-8,11H,9-10H2,1H3,(H2,17,18,20). The highest BCUT2D eigenvalue weighted by Crippen LogP contribution is 2.21. The van der Waals surface area contributed by atoms with E-state index in [0.29, 0.717) is 12.2 Å². The molecule has 0 atom stereocenters. The quantitative estimate of drug-likeness (QED) is 0.656. The monoisotopic (exact) mass is 299 g/mol. The van der Waals surface area contributed by atoms with Gasteiger partial charge in [-0.15, -0.1) is 0 Å². The Labute approximate surface area is 128 Å². The summed E-state index contributed by atoms with van der Waals surface area (Å²) in [7, 11) is 0. The molecule has 0 bridgehead atoms. The first-order valence-electron chi connectivity index (χ1n) is 6.90. The van der Waals surface area contributed by atoms with Crippen molar-refractivity contribution in [2.75, 3.05) is 11.9 Å². The van der Waals surface area contributed by atoms with Crippen LogP contribution in [0.15, 0.2) is 48.5 Å². The summed E-state index contributed by atoms with van der Waals surface area (Å²) in [6.45, 7) is 2.27. The average Bonchev–Trinajstić information content (AvgIpc) is 2.50. The van der Waals surface area contributed by atoms with Crippen molar-refractivity contribution in [3.8, 4) is 0 Å². The molecule has 0 aliphatic rings. The summed E-state index contributed by atoms with van der Waals surface area (Å²) in [5.74, 6) is 0. The van der Waals surface area contributed by atoms with Gasteiger partial charge in [0.2, 0.25) is 0 Å². The average molecular weight is 299 g/mol. The number of rotatable bonds is 5. The summed E-state index contributed by atoms with van der Waals surface area (Å²) in [6.07, 6.45) is 0.724. The number of nitrogens with one attached hydrogen (secondary N) is 2. The molecule has 0 radical (unpaired) electrons. The second-order valence-corrected chi connectivity index (χ2v) is 4.87. The Morgan fingerprint density at radius 1 is 1.18 bits per heavy atom. The molecule has 0 aromatic heterocycles. The number of benzene rings is 2. The molecule has 0 fully saturated rings. The van der Waals surface area contributed by atoms with Crippen LogP contribution in [-0.2, 0) is 6.42 Å². The second kappa shape index (κ2) is 7.21. The lowest BCUT2D eigenvalue weighted by Gasteiger charge is -2.09. The van der Waals surface area contributed by atoms with Gasteiger partial charge >= 0.3 is 6.03 Å². The molecular weight excluding hydrogens is 282 g/mol. The minimum absolute atomic E-state index is 0.0508. The summed E-state index contributed by atoms with van der Waals surface area (Å²) in [4.78, 5) is 22.1. The molecular formula is C16H17N3O3. The van der Waals surface area contributed by atoms with E-state index in [4.69, 9.17) is 0 Å². The number of nitrogens with zero attached hydrogens (tertiary/aromatic N) is 1. The Kier molecular flexibility index (Phi) is 5.08. The SMILES string of the molecule is Cc1ccc([N+](=O)[O-])cc1NC(=O)NCCc1ccccc1. The van der Waals surface area contributed by atoms with E-state index in [1.165, 1.54) is 12.1 Å². The fourth-order valence-electron chi connectivity index (χ4n) is 1.99. The van der Waals surface area contributed by atoms with E-state index < -0.39 is 4.92 Å². The summed E-state index contributed by atoms with van der Waals surface area (Å²) in [5.41, 5.74) is 2.29. The lowest BCUT2D eigenvalue weighted by molar-refractivity contribution is -0.384. The summed E-state index contributed by atoms with van der Waals surface area (Å²) in [5, 5.41) is 16.1. The van der Waals surface area contributed by atoms with E-state index in [0.717, 1.165) is 17.5 Å². The first-order chi connectivity index (χ1) is 10.6. The second-order valence-electron chi connectivity index (χ2n) is 4.87. The van der Waals surface area contributed by atoms with Crippen molar-refractivity contribution in [1.82, 2.24) is 5.32 Å². The van der Waals surface area contributed by atoms with Crippen LogP contribution >= 0.6 is 0 Å². The van der Waals surface area contributed by atoms with Crippen molar-refractivity contribution in [3.05, 3.63) is 69.8 Å². The van der Waals surface area contributed by atoms with Gasteiger partial charge in [-0.1, -0.05) is 36.4 Å². The molecule has 0 aliphatic heterocycles. The fourth-order valence-corrected chi connectivity index (χ4v) is 1.99. The maximum atomic E-state index is 11.8. The van der Waals surface area contributed by atoms with Gasteiger partial charge in [-0.3, -0.25) is 10.1 Å². The molecule has 22 heavy (non-hydrogen) atoms. The van der Waals surface area contributed by atoms with Crippen molar-refractivity contribution in [3.63, 3.8) is 0 Å². The highest BCUT2D eigenvalue weighted by molar-refractivity contribution is 5.90. The molecule has 2 amide bonds. The number of urea groups is 1. The van der Waals surface area contributed by atoms with Gasteiger partial charge < -0.3 is 10.6 Å². The molecule has 0 saturated heterocycles. The van der Waals surface area contributed by atoms with E-state index in [1.54, 1.807) is 13.0 Å². The van der Waals surface area contributed by atoms with Crippen LogP contribution in [0, 0.1) is 17.0 Å². The van der Waals surface area contributed by atoms with Crippen LogP contribution < -0.4 is 10.6 Å². The van der Waals surface area contributed by atoms with Crippen LogP contribution in [0.1, 0.15) is 11.1 Å². The molecule has 6 heteroatoms. The molecule has 0 heterocycles. The molecule has 2 N–H and O–H groups in total. The third-order valence-corrected chi connectivity index (χ3v) is 3.22. The van der Waals surface area contributed by atoms with Gasteiger partial charge in [0, 0.05) is 18.7 Å². The number of anilines is 1. The van der Waals surface area contributed by atoms with Gasteiger partial charge in [0.15, 0.2) is 0 Å². The van der Waals surface area contributed by atoms with Gasteiger partial charge in [-0.2, -0.15) is 0 Å². The van der Waals surface area contributed by atoms with Crippen LogP contribution in [-0.4, -0.2) is 17.5 Å². The molecule has 6 nitrogen and oxygen atoms in total. The number of nitro benzene ring substituents is 1. The van der Waals surface area contributed by atoms with Crippen LogP contribution in [0.5, 0.6) is 0 Å². The number of amides is 2.